The van der Waals surface area contributed by atoms with Crippen molar-refractivity contribution in [2.75, 3.05) is 0 Å². The van der Waals surface area contributed by atoms with E-state index in [9.17, 15) is 13.6 Å². The zero-order chi connectivity index (χ0) is 10.3. The van der Waals surface area contributed by atoms with Crippen LogP contribution in [0, 0.1) is 0 Å². The number of aromatic nitrogens is 1. The summed E-state index contributed by atoms with van der Waals surface area (Å²) in [6.07, 6.45) is 1.14. The second-order valence-electron chi connectivity index (χ2n) is 3.32. The zero-order valence-electron chi connectivity index (χ0n) is 7.21. The smallest absolute Gasteiger partial charge is 0.267 e. The predicted molar refractivity (Wildman–Crippen MR) is 45.1 cm³/mol. The maximum Gasteiger partial charge on any atom is 0.267 e. The molecule has 0 aliphatic heterocycles. The first kappa shape index (κ1) is 9.05. The molecule has 0 saturated heterocycles. The molecule has 0 bridgehead atoms. The molecule has 14 heavy (non-hydrogen) atoms. The van der Waals surface area contributed by atoms with Gasteiger partial charge in [-0.2, -0.15) is 0 Å². The normalized spacial score (nSPS) is 23.1. The van der Waals surface area contributed by atoms with Crippen LogP contribution in [0.15, 0.2) is 18.3 Å². The molecule has 0 aromatic carbocycles. The lowest BCUT2D eigenvalue weighted by molar-refractivity contribution is 0.0991. The van der Waals surface area contributed by atoms with E-state index < -0.39 is 17.7 Å². The number of primary amides is 1. The molecule has 1 aromatic rings. The number of carbonyl (C=O) groups excluding carboxylic acids is 1. The zero-order valence-corrected chi connectivity index (χ0v) is 7.21. The molecule has 5 heteroatoms. The molecular formula is C9H8F2N2O. The summed E-state index contributed by atoms with van der Waals surface area (Å²) in [5.74, 6) is -4.35. The van der Waals surface area contributed by atoms with Gasteiger partial charge in [0.1, 0.15) is 5.69 Å². The largest absolute Gasteiger partial charge is 0.364 e. The van der Waals surface area contributed by atoms with Gasteiger partial charge in [0.05, 0.1) is 5.92 Å². The molecule has 1 heterocycles. The Hall–Kier alpha value is -1.52. The molecule has 3 nitrogen and oxygen atoms in total. The van der Waals surface area contributed by atoms with Crippen molar-refractivity contribution in [1.82, 2.24) is 4.98 Å². The third-order valence-corrected chi connectivity index (χ3v) is 2.27. The van der Waals surface area contributed by atoms with Crippen LogP contribution < -0.4 is 5.73 Å². The molecule has 2 N–H and O–H groups in total. The summed E-state index contributed by atoms with van der Waals surface area (Å²) >= 11 is 0. The summed E-state index contributed by atoms with van der Waals surface area (Å²) in [5.41, 5.74) is 5.23. The number of pyridine rings is 1. The summed E-state index contributed by atoms with van der Waals surface area (Å²) in [5, 5.41) is 0. The second-order valence-corrected chi connectivity index (χ2v) is 3.32. The highest BCUT2D eigenvalue weighted by Gasteiger charge is 2.58. The van der Waals surface area contributed by atoms with Gasteiger partial charge in [0.15, 0.2) is 0 Å². The molecule has 1 amide bonds. The number of carbonyl (C=O) groups is 1. The number of amides is 1. The average Bonchev–Trinajstić information content (AvgIpc) is 2.75. The van der Waals surface area contributed by atoms with Crippen molar-refractivity contribution in [3.05, 3.63) is 29.6 Å². The van der Waals surface area contributed by atoms with Gasteiger partial charge in [0.2, 0.25) is 0 Å². The van der Waals surface area contributed by atoms with Gasteiger partial charge in [-0.15, -0.1) is 0 Å². The number of nitrogens with two attached hydrogens (primary N) is 1. The van der Waals surface area contributed by atoms with E-state index in [1.807, 2.05) is 0 Å². The summed E-state index contributed by atoms with van der Waals surface area (Å²) in [6, 6.07) is 2.99. The van der Waals surface area contributed by atoms with E-state index >= 15 is 0 Å². The molecular weight excluding hydrogens is 190 g/mol. The van der Waals surface area contributed by atoms with Crippen LogP contribution in [0.2, 0.25) is 0 Å². The highest BCUT2D eigenvalue weighted by molar-refractivity contribution is 5.92. The average molecular weight is 198 g/mol. The number of halogens is 2. The first-order valence-electron chi connectivity index (χ1n) is 4.15. The van der Waals surface area contributed by atoms with E-state index in [0.717, 1.165) is 0 Å². The van der Waals surface area contributed by atoms with Crippen molar-refractivity contribution in [3.63, 3.8) is 0 Å². The molecule has 74 valence electrons. The lowest BCUT2D eigenvalue weighted by Crippen LogP contribution is -2.16. The van der Waals surface area contributed by atoms with Gasteiger partial charge >= 0.3 is 0 Å². The Morgan fingerprint density at radius 2 is 2.29 bits per heavy atom. The molecule has 0 spiro atoms. The minimum absolute atomic E-state index is 0.0466. The quantitative estimate of drug-likeness (QED) is 0.778. The number of rotatable bonds is 2. The minimum atomic E-state index is -2.70. The topological polar surface area (TPSA) is 56.0 Å². The van der Waals surface area contributed by atoms with Crippen molar-refractivity contribution in [2.24, 2.45) is 5.73 Å². The molecule has 1 unspecified atom stereocenters. The monoisotopic (exact) mass is 198 g/mol. The van der Waals surface area contributed by atoms with Gasteiger partial charge in [-0.25, -0.2) is 8.78 Å². The maximum atomic E-state index is 12.7. The molecule has 1 aliphatic rings. The third-order valence-electron chi connectivity index (χ3n) is 2.27. The summed E-state index contributed by atoms with van der Waals surface area (Å²) in [6.45, 7) is 0. The van der Waals surface area contributed by atoms with Crippen LogP contribution in [0.4, 0.5) is 8.78 Å². The summed E-state index contributed by atoms with van der Waals surface area (Å²) < 4.78 is 25.5. The fourth-order valence-corrected chi connectivity index (χ4v) is 1.46. The summed E-state index contributed by atoms with van der Waals surface area (Å²) in [7, 11) is 0. The molecule has 1 aliphatic carbocycles. The molecule has 2 rings (SSSR count). The number of nitrogens with zero attached hydrogens (tertiary/aromatic N) is 1. The fraction of sp³-hybridized carbons (Fsp3) is 0.333. The van der Waals surface area contributed by atoms with Crippen LogP contribution in [-0.4, -0.2) is 16.8 Å². The summed E-state index contributed by atoms with van der Waals surface area (Å²) in [4.78, 5) is 14.6. The van der Waals surface area contributed by atoms with Crippen molar-refractivity contribution in [2.45, 2.75) is 18.3 Å². The number of hydrogen-bond donors (Lipinski definition) is 1. The fourth-order valence-electron chi connectivity index (χ4n) is 1.46. The maximum absolute atomic E-state index is 12.7. The van der Waals surface area contributed by atoms with Crippen LogP contribution in [0.1, 0.15) is 28.4 Å². The first-order chi connectivity index (χ1) is 6.52. The van der Waals surface area contributed by atoms with E-state index in [2.05, 4.69) is 4.98 Å². The van der Waals surface area contributed by atoms with Crippen LogP contribution in [0.3, 0.4) is 0 Å². The lowest BCUT2D eigenvalue weighted by Gasteiger charge is -2.03. The highest BCUT2D eigenvalue weighted by atomic mass is 19.3. The van der Waals surface area contributed by atoms with Crippen LogP contribution >= 0.6 is 0 Å². The van der Waals surface area contributed by atoms with Crippen molar-refractivity contribution < 1.29 is 13.6 Å². The number of hydrogen-bond acceptors (Lipinski definition) is 2. The van der Waals surface area contributed by atoms with Crippen LogP contribution in [0.25, 0.3) is 0 Å². The Balaban J connectivity index is 2.39. The first-order valence-corrected chi connectivity index (χ1v) is 4.15. The third kappa shape index (κ3) is 1.34. The minimum Gasteiger partial charge on any atom is -0.364 e. The molecule has 0 radical (unpaired) electrons. The second kappa shape index (κ2) is 2.73. The van der Waals surface area contributed by atoms with E-state index in [4.69, 9.17) is 5.73 Å². The van der Waals surface area contributed by atoms with Gasteiger partial charge in [-0.1, -0.05) is 6.07 Å². The van der Waals surface area contributed by atoms with Gasteiger partial charge in [-0.3, -0.25) is 9.78 Å². The lowest BCUT2D eigenvalue weighted by atomic mass is 10.1. The van der Waals surface area contributed by atoms with Gasteiger partial charge in [0, 0.05) is 12.6 Å². The Morgan fingerprint density at radius 3 is 2.79 bits per heavy atom. The predicted octanol–water partition coefficient (Wildman–Crippen LogP) is 1.30. The van der Waals surface area contributed by atoms with Crippen LogP contribution in [0.5, 0.6) is 0 Å². The van der Waals surface area contributed by atoms with Crippen molar-refractivity contribution >= 4 is 5.91 Å². The van der Waals surface area contributed by atoms with E-state index in [0.29, 0.717) is 0 Å². The van der Waals surface area contributed by atoms with Crippen LogP contribution in [-0.2, 0) is 0 Å². The Bertz CT molecular complexity index is 392. The van der Waals surface area contributed by atoms with Crippen molar-refractivity contribution in [3.8, 4) is 0 Å². The standard InChI is InChI=1S/C9H8F2N2O/c10-9(11)4-6(9)5-2-1-3-13-7(5)8(12)14/h1-3,6H,4H2,(H2,12,14). The Kier molecular flexibility index (Phi) is 1.77. The SMILES string of the molecule is NC(=O)c1ncccc1C1CC1(F)F. The van der Waals surface area contributed by atoms with Gasteiger partial charge in [0.25, 0.3) is 11.8 Å². The van der Waals surface area contributed by atoms with E-state index in [1.165, 1.54) is 18.3 Å². The Morgan fingerprint density at radius 1 is 1.64 bits per heavy atom. The molecule has 1 aromatic heterocycles. The van der Waals surface area contributed by atoms with E-state index in [1.54, 1.807) is 0 Å². The molecule has 1 fully saturated rings. The van der Waals surface area contributed by atoms with Gasteiger partial charge < -0.3 is 5.73 Å². The number of alkyl halides is 2. The molecule has 1 saturated carbocycles. The van der Waals surface area contributed by atoms with Crippen molar-refractivity contribution in [1.29, 1.82) is 0 Å². The van der Waals surface area contributed by atoms with Gasteiger partial charge in [-0.05, 0) is 11.6 Å². The van der Waals surface area contributed by atoms with E-state index in [-0.39, 0.29) is 17.7 Å². The molecule has 1 atom stereocenters. The Labute approximate surface area is 78.9 Å². The highest BCUT2D eigenvalue weighted by Crippen LogP contribution is 2.56.